The summed E-state index contributed by atoms with van der Waals surface area (Å²) in [5.41, 5.74) is 6.89. The van der Waals surface area contributed by atoms with Gasteiger partial charge in [-0.2, -0.15) is 0 Å². The second kappa shape index (κ2) is 5.32. The zero-order valence-electron chi connectivity index (χ0n) is 8.50. The summed E-state index contributed by atoms with van der Waals surface area (Å²) in [4.78, 5) is 1.82. The van der Waals surface area contributed by atoms with Crippen LogP contribution in [0.25, 0.3) is 0 Å². The summed E-state index contributed by atoms with van der Waals surface area (Å²) < 4.78 is 13.7. The lowest BCUT2D eigenvalue weighted by atomic mass is 10.2. The summed E-state index contributed by atoms with van der Waals surface area (Å²) in [5, 5.41) is 8.86. The van der Waals surface area contributed by atoms with Gasteiger partial charge in [0, 0.05) is 19.2 Å². The molecule has 0 heterocycles. The van der Waals surface area contributed by atoms with Crippen molar-refractivity contribution in [1.82, 2.24) is 0 Å². The summed E-state index contributed by atoms with van der Waals surface area (Å²) in [6.45, 7) is 3.06. The molecule has 0 aliphatic carbocycles. The summed E-state index contributed by atoms with van der Waals surface area (Å²) in [7, 11) is 0. The number of nitrogen functional groups attached to an aromatic ring is 1. The van der Waals surface area contributed by atoms with Crippen molar-refractivity contribution in [2.75, 3.05) is 30.3 Å². The fourth-order valence-corrected chi connectivity index (χ4v) is 1.76. The zero-order chi connectivity index (χ0) is 11.4. The maximum Gasteiger partial charge on any atom is 0.139 e. The molecule has 0 unspecified atom stereocenters. The number of nitrogens with zero attached hydrogens (tertiary/aromatic N) is 1. The second-order valence-electron chi connectivity index (χ2n) is 3.13. The van der Waals surface area contributed by atoms with E-state index in [4.69, 9.17) is 10.8 Å². The van der Waals surface area contributed by atoms with Crippen molar-refractivity contribution in [2.45, 2.75) is 6.92 Å². The summed E-state index contributed by atoms with van der Waals surface area (Å²) >= 11 is 3.07. The Bertz CT molecular complexity index is 346. The molecule has 1 rings (SSSR count). The highest BCUT2D eigenvalue weighted by atomic mass is 79.9. The van der Waals surface area contributed by atoms with Gasteiger partial charge in [-0.15, -0.1) is 0 Å². The molecule has 1 aromatic carbocycles. The molecule has 3 N–H and O–H groups in total. The van der Waals surface area contributed by atoms with Crippen LogP contribution in [-0.2, 0) is 0 Å². The molecule has 1 aromatic rings. The molecule has 0 radical (unpaired) electrons. The third kappa shape index (κ3) is 2.82. The largest absolute Gasteiger partial charge is 0.397 e. The molecule has 0 aromatic heterocycles. The Hall–Kier alpha value is -0.810. The molecule has 0 saturated heterocycles. The predicted octanol–water partition coefficient (Wildman–Crippen LogP) is 1.99. The first-order chi connectivity index (χ1) is 7.10. The van der Waals surface area contributed by atoms with Gasteiger partial charge in [0.05, 0.1) is 22.5 Å². The molecule has 0 spiro atoms. The van der Waals surface area contributed by atoms with Crippen molar-refractivity contribution >= 4 is 27.3 Å². The number of aliphatic hydroxyl groups excluding tert-OH is 1. The van der Waals surface area contributed by atoms with Crippen LogP contribution in [0.2, 0.25) is 0 Å². The molecule has 5 heteroatoms. The Kier molecular flexibility index (Phi) is 4.35. The van der Waals surface area contributed by atoms with Gasteiger partial charge in [-0.25, -0.2) is 4.39 Å². The van der Waals surface area contributed by atoms with Gasteiger partial charge in [0.1, 0.15) is 5.82 Å². The molecule has 0 aliphatic heterocycles. The third-order valence-electron chi connectivity index (χ3n) is 2.16. The highest BCUT2D eigenvalue weighted by molar-refractivity contribution is 9.10. The average Bonchev–Trinajstić information content (AvgIpc) is 2.20. The minimum Gasteiger partial charge on any atom is -0.397 e. The van der Waals surface area contributed by atoms with Gasteiger partial charge in [-0.3, -0.25) is 0 Å². The van der Waals surface area contributed by atoms with E-state index in [2.05, 4.69) is 15.9 Å². The number of nitrogens with two attached hydrogens (primary N) is 1. The fraction of sp³-hybridized carbons (Fsp3) is 0.400. The van der Waals surface area contributed by atoms with Gasteiger partial charge in [-0.1, -0.05) is 0 Å². The molecule has 0 aliphatic rings. The van der Waals surface area contributed by atoms with Crippen molar-refractivity contribution in [3.8, 4) is 0 Å². The molecule has 0 bridgehead atoms. The monoisotopic (exact) mass is 276 g/mol. The van der Waals surface area contributed by atoms with Crippen molar-refractivity contribution < 1.29 is 9.50 Å². The van der Waals surface area contributed by atoms with Crippen LogP contribution < -0.4 is 10.6 Å². The van der Waals surface area contributed by atoms with Crippen LogP contribution in [0.3, 0.4) is 0 Å². The van der Waals surface area contributed by atoms with Gasteiger partial charge in [0.25, 0.3) is 0 Å². The van der Waals surface area contributed by atoms with Crippen LogP contribution in [0.5, 0.6) is 0 Å². The van der Waals surface area contributed by atoms with E-state index < -0.39 is 0 Å². The molecular formula is C10H14BrFN2O. The van der Waals surface area contributed by atoms with Gasteiger partial charge in [0.2, 0.25) is 0 Å². The smallest absolute Gasteiger partial charge is 0.139 e. The molecule has 84 valence electrons. The van der Waals surface area contributed by atoms with Crippen LogP contribution in [-0.4, -0.2) is 24.8 Å². The van der Waals surface area contributed by atoms with E-state index in [9.17, 15) is 4.39 Å². The number of hydrogen-bond acceptors (Lipinski definition) is 3. The SMILES string of the molecule is CCN(CCO)c1cc(F)c(Br)cc1N. The Labute approximate surface area is 96.8 Å². The number of hydrogen-bond donors (Lipinski definition) is 2. The van der Waals surface area contributed by atoms with Crippen LogP contribution in [0.1, 0.15) is 6.92 Å². The third-order valence-corrected chi connectivity index (χ3v) is 2.77. The first kappa shape index (κ1) is 12.3. The second-order valence-corrected chi connectivity index (χ2v) is 3.98. The van der Waals surface area contributed by atoms with Crippen molar-refractivity contribution in [2.24, 2.45) is 0 Å². The van der Waals surface area contributed by atoms with Crippen LogP contribution in [0.15, 0.2) is 16.6 Å². The number of benzene rings is 1. The molecule has 0 fully saturated rings. The Balaban J connectivity index is 3.06. The van der Waals surface area contributed by atoms with Crippen molar-refractivity contribution in [3.05, 3.63) is 22.4 Å². The predicted molar refractivity (Wildman–Crippen MR) is 63.5 cm³/mol. The number of anilines is 2. The van der Waals surface area contributed by atoms with E-state index in [1.54, 1.807) is 0 Å². The first-order valence-electron chi connectivity index (χ1n) is 4.70. The number of halogens is 2. The normalized spacial score (nSPS) is 10.4. The lowest BCUT2D eigenvalue weighted by Gasteiger charge is -2.23. The minimum absolute atomic E-state index is 0.0188. The standard InChI is InChI=1S/C10H14BrFN2O/c1-2-14(3-4-15)10-6-8(12)7(11)5-9(10)13/h5-6,15H,2-4,13H2,1H3. The summed E-state index contributed by atoms with van der Waals surface area (Å²) in [5.74, 6) is -0.351. The van der Waals surface area contributed by atoms with E-state index in [1.807, 2.05) is 11.8 Å². The Morgan fingerprint density at radius 3 is 2.73 bits per heavy atom. The van der Waals surface area contributed by atoms with E-state index in [1.165, 1.54) is 12.1 Å². The fourth-order valence-electron chi connectivity index (χ4n) is 1.40. The number of aliphatic hydroxyl groups is 1. The zero-order valence-corrected chi connectivity index (χ0v) is 10.1. The van der Waals surface area contributed by atoms with E-state index in [-0.39, 0.29) is 12.4 Å². The Morgan fingerprint density at radius 1 is 1.53 bits per heavy atom. The summed E-state index contributed by atoms with van der Waals surface area (Å²) in [6, 6.07) is 2.91. The molecule has 3 nitrogen and oxygen atoms in total. The summed E-state index contributed by atoms with van der Waals surface area (Å²) in [6.07, 6.45) is 0. The van der Waals surface area contributed by atoms with Crippen LogP contribution in [0, 0.1) is 5.82 Å². The lowest BCUT2D eigenvalue weighted by molar-refractivity contribution is 0.302. The van der Waals surface area contributed by atoms with Crippen LogP contribution >= 0.6 is 15.9 Å². The highest BCUT2D eigenvalue weighted by Crippen LogP contribution is 2.29. The number of rotatable bonds is 4. The van der Waals surface area contributed by atoms with Crippen LogP contribution in [0.4, 0.5) is 15.8 Å². The molecule has 0 saturated carbocycles. The van der Waals surface area contributed by atoms with E-state index >= 15 is 0 Å². The Morgan fingerprint density at radius 2 is 2.20 bits per heavy atom. The van der Waals surface area contributed by atoms with E-state index in [0.717, 1.165) is 0 Å². The number of likely N-dealkylation sites (N-methyl/N-ethyl adjacent to an activating group) is 1. The maximum atomic E-state index is 13.3. The van der Waals surface area contributed by atoms with Gasteiger partial charge < -0.3 is 15.7 Å². The van der Waals surface area contributed by atoms with Gasteiger partial charge in [0.15, 0.2) is 0 Å². The minimum atomic E-state index is -0.351. The highest BCUT2D eigenvalue weighted by Gasteiger charge is 2.11. The van der Waals surface area contributed by atoms with Gasteiger partial charge >= 0.3 is 0 Å². The van der Waals surface area contributed by atoms with Gasteiger partial charge in [-0.05, 0) is 28.9 Å². The molecule has 15 heavy (non-hydrogen) atoms. The van der Waals surface area contributed by atoms with Crippen molar-refractivity contribution in [1.29, 1.82) is 0 Å². The average molecular weight is 277 g/mol. The topological polar surface area (TPSA) is 49.5 Å². The molecular weight excluding hydrogens is 263 g/mol. The maximum absolute atomic E-state index is 13.3. The lowest BCUT2D eigenvalue weighted by Crippen LogP contribution is -2.27. The molecule has 0 atom stereocenters. The molecule has 0 amide bonds. The van der Waals surface area contributed by atoms with Crippen molar-refractivity contribution in [3.63, 3.8) is 0 Å². The quantitative estimate of drug-likeness (QED) is 0.827. The van der Waals surface area contributed by atoms with E-state index in [0.29, 0.717) is 28.9 Å². The first-order valence-corrected chi connectivity index (χ1v) is 5.49.